The molecule has 2 aliphatic rings. The summed E-state index contributed by atoms with van der Waals surface area (Å²) in [4.78, 5) is 2.19. The molecule has 4 heteroatoms. The lowest BCUT2D eigenvalue weighted by atomic mass is 9.59. The lowest BCUT2D eigenvalue weighted by Gasteiger charge is -2.46. The second kappa shape index (κ2) is 7.47. The Hall–Kier alpha value is -4.07. The molecule has 0 amide bonds. The molecular weight excluding hydrogens is 452 g/mol. The molecule has 1 heterocycles. The number of anilines is 3. The van der Waals surface area contributed by atoms with Gasteiger partial charge in [0.2, 0.25) is 0 Å². The minimum atomic E-state index is -0.417. The number of para-hydroxylation sites is 2. The maximum absolute atomic E-state index is 10.6. The molecule has 0 spiro atoms. The van der Waals surface area contributed by atoms with Crippen LogP contribution in [0.4, 0.5) is 17.1 Å². The first-order chi connectivity index (χ1) is 17.3. The number of nitrogens with zero attached hydrogens (tertiary/aromatic N) is 4. The molecule has 0 atom stereocenters. The molecule has 1 aliphatic heterocycles. The highest BCUT2D eigenvalue weighted by Crippen LogP contribution is 2.66. The Morgan fingerprint density at radius 2 is 1.00 bits per heavy atom. The van der Waals surface area contributed by atoms with E-state index < -0.39 is 10.8 Å². The second-order valence-corrected chi connectivity index (χ2v) is 12.4. The molecule has 0 fully saturated rings. The summed E-state index contributed by atoms with van der Waals surface area (Å²) in [5, 5.41) is 31.3. The lowest BCUT2D eigenvalue weighted by Crippen LogP contribution is -2.42. The smallest absolute Gasteiger partial charge is 0.103 e. The first kappa shape index (κ1) is 24.6. The van der Waals surface area contributed by atoms with Crippen molar-refractivity contribution in [2.24, 2.45) is 5.41 Å². The van der Waals surface area contributed by atoms with Crippen LogP contribution in [0.1, 0.15) is 94.3 Å². The van der Waals surface area contributed by atoms with Crippen LogP contribution in [0, 0.1) is 39.4 Å². The van der Waals surface area contributed by atoms with Crippen LogP contribution in [0.3, 0.4) is 0 Å². The molecule has 184 valence electrons. The first-order valence-corrected chi connectivity index (χ1v) is 12.7. The third kappa shape index (κ3) is 2.75. The molecule has 0 unspecified atom stereocenters. The van der Waals surface area contributed by atoms with Crippen LogP contribution in [0.15, 0.2) is 48.5 Å². The Morgan fingerprint density at radius 3 is 1.46 bits per heavy atom. The van der Waals surface area contributed by atoms with Gasteiger partial charge in [0.05, 0.1) is 33.8 Å². The molecule has 3 aromatic carbocycles. The highest BCUT2D eigenvalue weighted by molar-refractivity contribution is 5.93. The third-order valence-corrected chi connectivity index (χ3v) is 10.0. The predicted octanol–water partition coefficient (Wildman–Crippen LogP) is 8.01. The van der Waals surface area contributed by atoms with Crippen molar-refractivity contribution in [1.29, 1.82) is 15.8 Å². The standard InChI is InChI=1S/C33H32N4/c1-30(2)23-13-9-11-15-25(23)37(26-16-12-10-14-24(26)30)29-22(19-36)20(17-34)21(18-35)27-28(29)32(5,6)33(7,8)31(27,3)4/h9-16H,1-8H3. The van der Waals surface area contributed by atoms with Crippen LogP contribution in [0.2, 0.25) is 0 Å². The van der Waals surface area contributed by atoms with E-state index in [-0.39, 0.29) is 22.0 Å². The maximum Gasteiger partial charge on any atom is 0.103 e. The van der Waals surface area contributed by atoms with Crippen molar-refractivity contribution in [1.82, 2.24) is 0 Å². The largest absolute Gasteiger partial charge is 0.308 e. The number of hydrogen-bond donors (Lipinski definition) is 0. The van der Waals surface area contributed by atoms with E-state index in [1.54, 1.807) is 0 Å². The summed E-state index contributed by atoms with van der Waals surface area (Å²) in [5.41, 5.74) is 6.34. The highest BCUT2D eigenvalue weighted by atomic mass is 15.2. The number of hydrogen-bond acceptors (Lipinski definition) is 4. The van der Waals surface area contributed by atoms with Crippen molar-refractivity contribution in [3.63, 3.8) is 0 Å². The molecule has 0 bridgehead atoms. The fourth-order valence-corrected chi connectivity index (χ4v) is 6.84. The monoisotopic (exact) mass is 484 g/mol. The quantitative estimate of drug-likeness (QED) is 0.351. The van der Waals surface area contributed by atoms with Gasteiger partial charge in [0.25, 0.3) is 0 Å². The minimum absolute atomic E-state index is 0.167. The summed E-state index contributed by atoms with van der Waals surface area (Å²) in [6, 6.07) is 23.6. The fraction of sp³-hybridized carbons (Fsp3) is 0.364. The zero-order valence-corrected chi connectivity index (χ0v) is 22.9. The van der Waals surface area contributed by atoms with E-state index in [0.717, 1.165) is 39.3 Å². The highest BCUT2D eigenvalue weighted by Gasteiger charge is 2.60. The lowest BCUT2D eigenvalue weighted by molar-refractivity contribution is 0.125. The van der Waals surface area contributed by atoms with Crippen molar-refractivity contribution in [3.8, 4) is 18.2 Å². The van der Waals surface area contributed by atoms with E-state index in [1.165, 1.54) is 0 Å². The van der Waals surface area contributed by atoms with Gasteiger partial charge in [-0.1, -0.05) is 91.8 Å². The molecule has 3 aromatic rings. The number of fused-ring (bicyclic) bond motifs is 3. The van der Waals surface area contributed by atoms with Gasteiger partial charge in [-0.2, -0.15) is 15.8 Å². The van der Waals surface area contributed by atoms with E-state index in [2.05, 4.69) is 115 Å². The van der Waals surface area contributed by atoms with E-state index in [4.69, 9.17) is 0 Å². The van der Waals surface area contributed by atoms with Gasteiger partial charge in [-0.3, -0.25) is 0 Å². The summed E-state index contributed by atoms with van der Waals surface area (Å²) < 4.78 is 0. The van der Waals surface area contributed by atoms with E-state index in [9.17, 15) is 15.8 Å². The molecule has 0 saturated carbocycles. The minimum Gasteiger partial charge on any atom is -0.308 e. The summed E-state index contributed by atoms with van der Waals surface area (Å²) in [6.07, 6.45) is 0. The van der Waals surface area contributed by atoms with Gasteiger partial charge in [-0.25, -0.2) is 0 Å². The predicted molar refractivity (Wildman–Crippen MR) is 147 cm³/mol. The zero-order valence-electron chi connectivity index (χ0n) is 22.9. The van der Waals surface area contributed by atoms with E-state index >= 15 is 0 Å². The van der Waals surface area contributed by atoms with Gasteiger partial charge in [0, 0.05) is 5.41 Å². The molecule has 0 aromatic heterocycles. The summed E-state index contributed by atoms with van der Waals surface area (Å²) in [7, 11) is 0. The normalized spacial score (nSPS) is 19.0. The Kier molecular flexibility index (Phi) is 4.97. The SMILES string of the molecule is CC1(C)c2ccccc2N(c2c(C#N)c(C#N)c(C#N)c3c2C(C)(C)C(C)(C)C3(C)C)c2ccccc21. The Balaban J connectivity index is 2.07. The van der Waals surface area contributed by atoms with Gasteiger partial charge >= 0.3 is 0 Å². The van der Waals surface area contributed by atoms with Crippen LogP contribution >= 0.6 is 0 Å². The average Bonchev–Trinajstić information content (AvgIpc) is 2.97. The fourth-order valence-electron chi connectivity index (χ4n) is 6.84. The Labute approximate surface area is 220 Å². The number of benzene rings is 3. The van der Waals surface area contributed by atoms with Gasteiger partial charge in [-0.15, -0.1) is 0 Å². The van der Waals surface area contributed by atoms with E-state index in [0.29, 0.717) is 5.56 Å². The van der Waals surface area contributed by atoms with Crippen molar-refractivity contribution >= 4 is 17.1 Å². The second-order valence-electron chi connectivity index (χ2n) is 12.4. The van der Waals surface area contributed by atoms with Crippen LogP contribution in [-0.2, 0) is 16.2 Å². The molecule has 1 aliphatic carbocycles. The van der Waals surface area contributed by atoms with Crippen LogP contribution in [0.5, 0.6) is 0 Å². The van der Waals surface area contributed by atoms with Gasteiger partial charge < -0.3 is 4.90 Å². The Bertz CT molecular complexity index is 1560. The maximum atomic E-state index is 10.6. The van der Waals surface area contributed by atoms with Crippen LogP contribution in [0.25, 0.3) is 0 Å². The molecule has 0 N–H and O–H groups in total. The first-order valence-electron chi connectivity index (χ1n) is 12.7. The average molecular weight is 485 g/mol. The molecule has 37 heavy (non-hydrogen) atoms. The van der Waals surface area contributed by atoms with Crippen molar-refractivity contribution in [3.05, 3.63) is 87.5 Å². The summed E-state index contributed by atoms with van der Waals surface area (Å²) in [6.45, 7) is 17.7. The third-order valence-electron chi connectivity index (χ3n) is 10.0. The van der Waals surface area contributed by atoms with Crippen molar-refractivity contribution in [2.45, 2.75) is 71.6 Å². The van der Waals surface area contributed by atoms with Gasteiger partial charge in [0.15, 0.2) is 0 Å². The summed E-state index contributed by atoms with van der Waals surface area (Å²) in [5.74, 6) is 0. The molecule has 0 saturated heterocycles. The molecule has 4 nitrogen and oxygen atoms in total. The van der Waals surface area contributed by atoms with Crippen molar-refractivity contribution < 1.29 is 0 Å². The van der Waals surface area contributed by atoms with Gasteiger partial charge in [0.1, 0.15) is 18.2 Å². The van der Waals surface area contributed by atoms with Crippen LogP contribution < -0.4 is 4.90 Å². The molecular formula is C33H32N4. The van der Waals surface area contributed by atoms with Gasteiger partial charge in [-0.05, 0) is 50.6 Å². The number of rotatable bonds is 1. The Morgan fingerprint density at radius 1 is 0.568 bits per heavy atom. The molecule has 5 rings (SSSR count). The summed E-state index contributed by atoms with van der Waals surface area (Å²) >= 11 is 0. The van der Waals surface area contributed by atoms with Crippen molar-refractivity contribution in [2.75, 3.05) is 4.90 Å². The topological polar surface area (TPSA) is 74.6 Å². The van der Waals surface area contributed by atoms with E-state index in [1.807, 2.05) is 12.1 Å². The molecule has 0 radical (unpaired) electrons. The van der Waals surface area contributed by atoms with Crippen LogP contribution in [-0.4, -0.2) is 0 Å². The number of nitriles is 3. The zero-order chi connectivity index (χ0) is 27.1.